The summed E-state index contributed by atoms with van der Waals surface area (Å²) in [5, 5.41) is 3.41. The molecule has 0 heterocycles. The van der Waals surface area contributed by atoms with Crippen molar-refractivity contribution in [1.29, 1.82) is 0 Å². The quantitative estimate of drug-likeness (QED) is 0.488. The molecule has 0 aromatic heterocycles. The number of hydrazone groups is 1. The van der Waals surface area contributed by atoms with Gasteiger partial charge in [-0.15, -0.1) is 0 Å². The first-order chi connectivity index (χ1) is 7.13. The lowest BCUT2D eigenvalue weighted by Gasteiger charge is -2.01. The van der Waals surface area contributed by atoms with Crippen LogP contribution >= 0.6 is 11.6 Å². The Morgan fingerprint density at radius 1 is 1.40 bits per heavy atom. The second kappa shape index (κ2) is 5.36. The Balaban J connectivity index is 2.63. The molecule has 0 unspecified atom stereocenters. The largest absolute Gasteiger partial charge is 0.464 e. The molecule has 5 heteroatoms. The number of nitrogens with one attached hydrogen (secondary N) is 1. The molecule has 1 aromatic carbocycles. The summed E-state index contributed by atoms with van der Waals surface area (Å²) in [5.74, 6) is -0.670. The topological polar surface area (TPSA) is 50.7 Å². The molecular weight excluding hydrogens is 216 g/mol. The minimum atomic E-state index is -0.670. The predicted molar refractivity (Wildman–Crippen MR) is 60.1 cm³/mol. The maximum Gasteiger partial charge on any atom is 0.370 e. The number of nitrogens with zero attached hydrogens (tertiary/aromatic N) is 1. The van der Waals surface area contributed by atoms with Gasteiger partial charge in [-0.2, -0.15) is 5.10 Å². The van der Waals surface area contributed by atoms with Crippen LogP contribution in [0.4, 0.5) is 5.69 Å². The predicted octanol–water partition coefficient (Wildman–Crippen LogP) is 2.13. The van der Waals surface area contributed by atoms with Crippen LogP contribution in [-0.4, -0.2) is 18.2 Å². The maximum atomic E-state index is 10.9. The van der Waals surface area contributed by atoms with Crippen LogP contribution in [0, 0.1) is 6.92 Å². The second-order valence-corrected chi connectivity index (χ2v) is 3.23. The molecule has 0 bridgehead atoms. The molecule has 1 aromatic rings. The van der Waals surface area contributed by atoms with Crippen molar-refractivity contribution in [1.82, 2.24) is 0 Å². The number of benzene rings is 1. The van der Waals surface area contributed by atoms with Crippen LogP contribution in [0.3, 0.4) is 0 Å². The molecular formula is C10H11ClN2O2. The van der Waals surface area contributed by atoms with Gasteiger partial charge in [0, 0.05) is 0 Å². The monoisotopic (exact) mass is 226 g/mol. The van der Waals surface area contributed by atoms with Crippen LogP contribution in [0.25, 0.3) is 0 Å². The van der Waals surface area contributed by atoms with Crippen molar-refractivity contribution < 1.29 is 9.53 Å². The summed E-state index contributed by atoms with van der Waals surface area (Å²) in [6.07, 6.45) is 0. The zero-order valence-electron chi connectivity index (χ0n) is 8.45. The fraction of sp³-hybridized carbons (Fsp3) is 0.200. The number of rotatable bonds is 3. The summed E-state index contributed by atoms with van der Waals surface area (Å²) in [6, 6.07) is 7.51. The highest BCUT2D eigenvalue weighted by Gasteiger charge is 2.06. The lowest BCUT2D eigenvalue weighted by Crippen LogP contribution is -2.11. The summed E-state index contributed by atoms with van der Waals surface area (Å²) >= 11 is 5.53. The van der Waals surface area contributed by atoms with Gasteiger partial charge in [0.05, 0.1) is 12.8 Å². The van der Waals surface area contributed by atoms with E-state index in [1.54, 1.807) is 0 Å². The van der Waals surface area contributed by atoms with Gasteiger partial charge in [-0.05, 0) is 19.1 Å². The average molecular weight is 227 g/mol. The lowest BCUT2D eigenvalue weighted by molar-refractivity contribution is -0.132. The zero-order chi connectivity index (χ0) is 11.3. The Morgan fingerprint density at radius 3 is 2.53 bits per heavy atom. The molecule has 0 saturated carbocycles. The molecule has 0 spiro atoms. The number of hydrogen-bond donors (Lipinski definition) is 1. The fourth-order valence-corrected chi connectivity index (χ4v) is 0.991. The van der Waals surface area contributed by atoms with Crippen molar-refractivity contribution in [2.75, 3.05) is 12.5 Å². The third-order valence-electron chi connectivity index (χ3n) is 1.69. The van der Waals surface area contributed by atoms with Gasteiger partial charge in [0.15, 0.2) is 0 Å². The number of halogens is 1. The third kappa shape index (κ3) is 3.59. The van der Waals surface area contributed by atoms with Crippen LogP contribution < -0.4 is 5.43 Å². The second-order valence-electron chi connectivity index (χ2n) is 2.87. The number of esters is 1. The van der Waals surface area contributed by atoms with Crippen molar-refractivity contribution in [2.24, 2.45) is 5.10 Å². The summed E-state index contributed by atoms with van der Waals surface area (Å²) in [7, 11) is 1.24. The van der Waals surface area contributed by atoms with Gasteiger partial charge < -0.3 is 4.74 Å². The van der Waals surface area contributed by atoms with Gasteiger partial charge in [0.1, 0.15) is 0 Å². The van der Waals surface area contributed by atoms with Crippen LogP contribution in [0.5, 0.6) is 0 Å². The first kappa shape index (κ1) is 11.5. The zero-order valence-corrected chi connectivity index (χ0v) is 9.21. The summed E-state index contributed by atoms with van der Waals surface area (Å²) < 4.78 is 4.38. The van der Waals surface area contributed by atoms with E-state index >= 15 is 0 Å². The number of ether oxygens (including phenoxy) is 1. The molecule has 0 aliphatic heterocycles. The molecule has 0 fully saturated rings. The van der Waals surface area contributed by atoms with E-state index in [-0.39, 0.29) is 5.17 Å². The van der Waals surface area contributed by atoms with Crippen LogP contribution in [0.15, 0.2) is 29.4 Å². The molecule has 0 amide bonds. The smallest absolute Gasteiger partial charge is 0.370 e. The maximum absolute atomic E-state index is 10.9. The number of carbonyl (C=O) groups excluding carboxylic acids is 1. The van der Waals surface area contributed by atoms with E-state index in [1.165, 1.54) is 7.11 Å². The van der Waals surface area contributed by atoms with Gasteiger partial charge in [0.2, 0.25) is 5.17 Å². The first-order valence-corrected chi connectivity index (χ1v) is 4.65. The van der Waals surface area contributed by atoms with E-state index in [0.29, 0.717) is 0 Å². The molecule has 1 N–H and O–H groups in total. The van der Waals surface area contributed by atoms with Crippen LogP contribution in [0.2, 0.25) is 0 Å². The summed E-state index contributed by atoms with van der Waals surface area (Å²) in [6.45, 7) is 1.98. The summed E-state index contributed by atoms with van der Waals surface area (Å²) in [4.78, 5) is 10.9. The fourth-order valence-electron chi connectivity index (χ4n) is 0.872. The normalized spacial score (nSPS) is 11.0. The van der Waals surface area contributed by atoms with Crippen LogP contribution in [0.1, 0.15) is 5.56 Å². The van der Waals surface area contributed by atoms with Gasteiger partial charge in [0.25, 0.3) is 0 Å². The first-order valence-electron chi connectivity index (χ1n) is 4.27. The Bertz CT molecular complexity index is 374. The molecule has 4 nitrogen and oxygen atoms in total. The summed E-state index contributed by atoms with van der Waals surface area (Å²) in [5.41, 5.74) is 4.54. The van der Waals surface area contributed by atoms with E-state index < -0.39 is 5.97 Å². The molecule has 1 rings (SSSR count). The van der Waals surface area contributed by atoms with E-state index in [0.717, 1.165) is 11.3 Å². The number of aryl methyl sites for hydroxylation is 1. The molecule has 80 valence electrons. The van der Waals surface area contributed by atoms with Gasteiger partial charge in [-0.3, -0.25) is 5.43 Å². The average Bonchev–Trinajstić information content (AvgIpc) is 2.26. The standard InChI is InChI=1S/C10H11ClN2O2/c1-7-3-5-8(6-4-7)12-13-9(11)10(14)15-2/h3-6,12H,1-2H3/b13-9-. The highest BCUT2D eigenvalue weighted by molar-refractivity contribution is 6.82. The van der Waals surface area contributed by atoms with E-state index in [4.69, 9.17) is 11.6 Å². The molecule has 0 aliphatic carbocycles. The molecule has 15 heavy (non-hydrogen) atoms. The number of methoxy groups -OCH3 is 1. The highest BCUT2D eigenvalue weighted by atomic mass is 35.5. The highest BCUT2D eigenvalue weighted by Crippen LogP contribution is 2.08. The Labute approximate surface area is 92.9 Å². The molecule has 0 radical (unpaired) electrons. The van der Waals surface area contributed by atoms with E-state index in [9.17, 15) is 4.79 Å². The van der Waals surface area contributed by atoms with Crippen molar-refractivity contribution in [2.45, 2.75) is 6.92 Å². The Morgan fingerprint density at radius 2 is 2.00 bits per heavy atom. The van der Waals surface area contributed by atoms with Crippen LogP contribution in [-0.2, 0) is 9.53 Å². The van der Waals surface area contributed by atoms with Crippen molar-refractivity contribution >= 4 is 28.4 Å². The van der Waals surface area contributed by atoms with Crippen molar-refractivity contribution in [3.8, 4) is 0 Å². The molecule has 0 atom stereocenters. The lowest BCUT2D eigenvalue weighted by atomic mass is 10.2. The van der Waals surface area contributed by atoms with Crippen molar-refractivity contribution in [3.05, 3.63) is 29.8 Å². The van der Waals surface area contributed by atoms with Gasteiger partial charge >= 0.3 is 5.97 Å². The number of anilines is 1. The number of carbonyl (C=O) groups is 1. The van der Waals surface area contributed by atoms with E-state index in [1.807, 2.05) is 31.2 Å². The third-order valence-corrected chi connectivity index (χ3v) is 1.93. The minimum absolute atomic E-state index is 0.238. The molecule has 0 aliphatic rings. The Hall–Kier alpha value is -1.55. The Kier molecular flexibility index (Phi) is 4.12. The molecule has 0 saturated heterocycles. The SMILES string of the molecule is COC(=O)/C(Cl)=N/Nc1ccc(C)cc1. The van der Waals surface area contributed by atoms with Gasteiger partial charge in [-0.25, -0.2) is 4.79 Å². The van der Waals surface area contributed by atoms with Crippen molar-refractivity contribution in [3.63, 3.8) is 0 Å². The van der Waals surface area contributed by atoms with Gasteiger partial charge in [-0.1, -0.05) is 29.3 Å². The number of hydrogen-bond acceptors (Lipinski definition) is 4. The van der Waals surface area contributed by atoms with E-state index in [2.05, 4.69) is 15.3 Å². The minimum Gasteiger partial charge on any atom is -0.464 e.